The molecule has 1 aliphatic carbocycles. The first kappa shape index (κ1) is 14.7. The van der Waals surface area contributed by atoms with Crippen LogP contribution in [0.2, 0.25) is 0 Å². The largest absolute Gasteiger partial charge is 0.299 e. The maximum absolute atomic E-state index is 12.7. The lowest BCUT2D eigenvalue weighted by Crippen LogP contribution is -2.31. The minimum Gasteiger partial charge on any atom is -0.299 e. The van der Waals surface area contributed by atoms with Gasteiger partial charge in [0.25, 0.3) is 0 Å². The molecular weight excluding hydrogens is 220 g/mol. The average molecular weight is 244 g/mol. The van der Waals surface area contributed by atoms with E-state index in [-0.39, 0.29) is 5.92 Å². The van der Waals surface area contributed by atoms with Gasteiger partial charge in [0.2, 0.25) is 0 Å². The summed E-state index contributed by atoms with van der Waals surface area (Å²) in [6.45, 7) is 15.7. The highest BCUT2D eigenvalue weighted by atomic mass is 16.1. The highest BCUT2D eigenvalue weighted by molar-refractivity contribution is 5.89. The van der Waals surface area contributed by atoms with Gasteiger partial charge in [-0.25, -0.2) is 0 Å². The van der Waals surface area contributed by atoms with Gasteiger partial charge >= 0.3 is 0 Å². The smallest absolute Gasteiger partial charge is 0.144 e. The van der Waals surface area contributed by atoms with Crippen molar-refractivity contribution in [2.45, 2.75) is 39.5 Å². The molecule has 0 amide bonds. The number of ketones is 1. The average Bonchev–Trinajstić information content (AvgIpc) is 2.42. The molecule has 0 fully saturated rings. The quantitative estimate of drug-likeness (QED) is 0.645. The van der Waals surface area contributed by atoms with Gasteiger partial charge in [-0.2, -0.15) is 0 Å². The van der Waals surface area contributed by atoms with Crippen LogP contribution in [0.5, 0.6) is 0 Å². The lowest BCUT2D eigenvalue weighted by atomic mass is 9.71. The summed E-state index contributed by atoms with van der Waals surface area (Å²) in [6.07, 6.45) is 8.80. The fourth-order valence-electron chi connectivity index (χ4n) is 2.74. The normalized spacial score (nSPS) is 22.9. The zero-order chi connectivity index (χ0) is 13.8. The molecule has 0 bridgehead atoms. The zero-order valence-corrected chi connectivity index (χ0v) is 11.7. The fourth-order valence-corrected chi connectivity index (χ4v) is 2.74. The monoisotopic (exact) mass is 244 g/mol. The minimum absolute atomic E-state index is 0.281. The van der Waals surface area contributed by atoms with Crippen LogP contribution in [0.15, 0.2) is 49.1 Å². The fraction of sp³-hybridized carbons (Fsp3) is 0.471. The molecule has 0 unspecified atom stereocenters. The van der Waals surface area contributed by atoms with Gasteiger partial charge in [0.1, 0.15) is 5.78 Å². The van der Waals surface area contributed by atoms with Gasteiger partial charge in [-0.1, -0.05) is 36.0 Å². The van der Waals surface area contributed by atoms with Crippen LogP contribution in [0.4, 0.5) is 0 Å². The first-order valence-electron chi connectivity index (χ1n) is 6.55. The van der Waals surface area contributed by atoms with Crippen molar-refractivity contribution in [1.29, 1.82) is 0 Å². The van der Waals surface area contributed by atoms with E-state index in [0.29, 0.717) is 25.0 Å². The molecule has 0 N–H and O–H groups in total. The highest BCUT2D eigenvalue weighted by Gasteiger charge is 2.39. The van der Waals surface area contributed by atoms with E-state index in [0.717, 1.165) is 17.6 Å². The Morgan fingerprint density at radius 2 is 2.00 bits per heavy atom. The lowest BCUT2D eigenvalue weighted by Gasteiger charge is -2.31. The maximum Gasteiger partial charge on any atom is 0.144 e. The van der Waals surface area contributed by atoms with Crippen molar-refractivity contribution in [3.05, 3.63) is 49.1 Å². The van der Waals surface area contributed by atoms with Gasteiger partial charge in [-0.3, -0.25) is 4.79 Å². The van der Waals surface area contributed by atoms with E-state index in [9.17, 15) is 4.79 Å². The SMILES string of the molecule is C=CCC1(CC=C)C(=O)C[C@H](C(=C)C)CC=C1C. The van der Waals surface area contributed by atoms with Crippen LogP contribution in [0.25, 0.3) is 0 Å². The van der Waals surface area contributed by atoms with Crippen molar-refractivity contribution in [1.82, 2.24) is 0 Å². The number of hydrogen-bond donors (Lipinski definition) is 0. The summed E-state index contributed by atoms with van der Waals surface area (Å²) in [5.74, 6) is 0.588. The predicted molar refractivity (Wildman–Crippen MR) is 78.4 cm³/mol. The van der Waals surface area contributed by atoms with Gasteiger partial charge < -0.3 is 0 Å². The zero-order valence-electron chi connectivity index (χ0n) is 11.7. The second-order valence-electron chi connectivity index (χ2n) is 5.36. The Hall–Kier alpha value is -1.37. The number of rotatable bonds is 5. The predicted octanol–water partition coefficient (Wildman–Crippen LogP) is 4.63. The van der Waals surface area contributed by atoms with E-state index < -0.39 is 5.41 Å². The topological polar surface area (TPSA) is 17.1 Å². The molecule has 0 saturated carbocycles. The first-order chi connectivity index (χ1) is 8.47. The molecule has 1 aliphatic rings. The third-order valence-corrected chi connectivity index (χ3v) is 4.11. The van der Waals surface area contributed by atoms with E-state index in [1.807, 2.05) is 19.1 Å². The summed E-state index contributed by atoms with van der Waals surface area (Å²) in [4.78, 5) is 12.7. The van der Waals surface area contributed by atoms with E-state index in [2.05, 4.69) is 32.7 Å². The Labute approximate surface area is 111 Å². The molecule has 0 aromatic heterocycles. The summed E-state index contributed by atoms with van der Waals surface area (Å²) in [5, 5.41) is 0. The third-order valence-electron chi connectivity index (χ3n) is 4.11. The van der Waals surface area contributed by atoms with E-state index in [1.165, 1.54) is 0 Å². The molecule has 0 radical (unpaired) electrons. The maximum atomic E-state index is 12.7. The first-order valence-corrected chi connectivity index (χ1v) is 6.55. The molecular formula is C17H24O. The third kappa shape index (κ3) is 2.72. The van der Waals surface area contributed by atoms with Crippen LogP contribution < -0.4 is 0 Å². The van der Waals surface area contributed by atoms with Crippen LogP contribution in [0.3, 0.4) is 0 Å². The van der Waals surface area contributed by atoms with Gasteiger partial charge in [0.05, 0.1) is 5.41 Å². The number of allylic oxidation sites excluding steroid dienone is 5. The van der Waals surface area contributed by atoms with E-state index in [4.69, 9.17) is 0 Å². The number of Topliss-reactive ketones (excluding diaryl/α,β-unsaturated/α-hetero) is 1. The van der Waals surface area contributed by atoms with E-state index in [1.54, 1.807) is 0 Å². The summed E-state index contributed by atoms with van der Waals surface area (Å²) in [5.41, 5.74) is 1.85. The number of carbonyl (C=O) groups excluding carboxylic acids is 1. The molecule has 0 aromatic carbocycles. The van der Waals surface area contributed by atoms with Crippen molar-refractivity contribution in [3.63, 3.8) is 0 Å². The second-order valence-corrected chi connectivity index (χ2v) is 5.36. The van der Waals surface area contributed by atoms with Crippen LogP contribution in [-0.4, -0.2) is 5.78 Å². The molecule has 0 saturated heterocycles. The summed E-state index contributed by atoms with van der Waals surface area (Å²) >= 11 is 0. The van der Waals surface area contributed by atoms with Gasteiger partial charge in [0, 0.05) is 6.42 Å². The van der Waals surface area contributed by atoms with Crippen molar-refractivity contribution >= 4 is 5.78 Å². The van der Waals surface area contributed by atoms with Gasteiger partial charge in [0.15, 0.2) is 0 Å². The number of hydrogen-bond acceptors (Lipinski definition) is 1. The van der Waals surface area contributed by atoms with Crippen molar-refractivity contribution in [2.75, 3.05) is 0 Å². The number of carbonyl (C=O) groups is 1. The molecule has 0 heterocycles. The standard InChI is InChI=1S/C17H24O/c1-6-10-17(11-7-2)14(5)8-9-15(13(3)4)12-16(17)18/h6-8,15H,1-3,9-12H2,4-5H3/t15-/m1/s1. The molecule has 0 aliphatic heterocycles. The summed E-state index contributed by atoms with van der Waals surface area (Å²) < 4.78 is 0. The van der Waals surface area contributed by atoms with Crippen molar-refractivity contribution < 1.29 is 4.79 Å². The van der Waals surface area contributed by atoms with Crippen LogP contribution in [0.1, 0.15) is 39.5 Å². The van der Waals surface area contributed by atoms with Crippen molar-refractivity contribution in [2.24, 2.45) is 11.3 Å². The van der Waals surface area contributed by atoms with Crippen LogP contribution >= 0.6 is 0 Å². The Morgan fingerprint density at radius 1 is 1.44 bits per heavy atom. The van der Waals surface area contributed by atoms with Crippen molar-refractivity contribution in [3.8, 4) is 0 Å². The molecule has 1 atom stereocenters. The Kier molecular flexibility index (Phi) is 4.89. The lowest BCUT2D eigenvalue weighted by molar-refractivity contribution is -0.127. The molecule has 0 spiro atoms. The summed E-state index contributed by atoms with van der Waals surface area (Å²) in [6, 6.07) is 0. The van der Waals surface area contributed by atoms with Gasteiger partial charge in [-0.15, -0.1) is 13.2 Å². The minimum atomic E-state index is -0.409. The van der Waals surface area contributed by atoms with E-state index >= 15 is 0 Å². The molecule has 18 heavy (non-hydrogen) atoms. The summed E-state index contributed by atoms with van der Waals surface area (Å²) in [7, 11) is 0. The Bertz CT molecular complexity index is 388. The van der Waals surface area contributed by atoms with Crippen LogP contribution in [-0.2, 0) is 4.79 Å². The van der Waals surface area contributed by atoms with Crippen LogP contribution in [0, 0.1) is 11.3 Å². The molecule has 1 nitrogen and oxygen atoms in total. The molecule has 1 rings (SSSR count). The molecule has 0 aromatic rings. The molecule has 98 valence electrons. The highest BCUT2D eigenvalue weighted by Crippen LogP contribution is 2.42. The van der Waals surface area contributed by atoms with Gasteiger partial charge in [-0.05, 0) is 39.0 Å². The second kappa shape index (κ2) is 5.99. The Balaban J connectivity index is 3.16. The Morgan fingerprint density at radius 3 is 2.44 bits per heavy atom. The molecule has 1 heteroatoms.